The van der Waals surface area contributed by atoms with Gasteiger partial charge in [0.25, 0.3) is 0 Å². The summed E-state index contributed by atoms with van der Waals surface area (Å²) in [5.41, 5.74) is 10.9. The Balaban J connectivity index is 0.000000698. The molecule has 6 saturated carbocycles. The largest absolute Gasteiger partial charge is 0.542 e. The molecule has 0 saturated heterocycles. The fraction of sp³-hybridized carbons (Fsp3) is 0.661. The van der Waals surface area contributed by atoms with E-state index in [0.29, 0.717) is 0 Å². The summed E-state index contributed by atoms with van der Waals surface area (Å²) in [6.45, 7) is 0. The Kier molecular flexibility index (Phi) is 16.2. The highest BCUT2D eigenvalue weighted by atomic mass is 32.2. The first-order chi connectivity index (χ1) is 30.3. The molecule has 0 radical (unpaired) electrons. The molecule has 338 valence electrons. The van der Waals surface area contributed by atoms with Gasteiger partial charge in [0, 0.05) is 22.3 Å². The molecular weight excluding hydrogens is 794 g/mol. The van der Waals surface area contributed by atoms with Gasteiger partial charge in [0.2, 0.25) is 0 Å². The van der Waals surface area contributed by atoms with Gasteiger partial charge in [0.05, 0.1) is 0 Å². The SMILES string of the molecule is O=C([O-])C(F)(F)F.c1ccc([S+](c2c(C3CCCCC3)cc(C3CCCCC3)cc2C2CCCCC2)c2c(C3CCCCC3)cc(C3CCCCC3)cc2C2CCCCC2)cc1. The van der Waals surface area contributed by atoms with Crippen molar-refractivity contribution in [2.75, 3.05) is 0 Å². The van der Waals surface area contributed by atoms with Crippen LogP contribution in [0.25, 0.3) is 0 Å². The van der Waals surface area contributed by atoms with E-state index in [0.717, 1.165) is 35.5 Å². The molecule has 0 unspecified atom stereocenters. The maximum absolute atomic E-state index is 10.5. The molecule has 0 bridgehead atoms. The molecule has 3 aromatic carbocycles. The molecule has 0 aromatic heterocycles. The normalized spacial score (nSPS) is 22.3. The minimum atomic E-state index is -5.19. The van der Waals surface area contributed by atoms with Crippen LogP contribution in [0.1, 0.15) is 262 Å². The minimum absolute atomic E-state index is 0.0940. The number of carboxylic acids is 1. The van der Waals surface area contributed by atoms with Gasteiger partial charge in [-0.1, -0.05) is 158 Å². The third-order valence-electron chi connectivity index (χ3n) is 16.3. The highest BCUT2D eigenvalue weighted by molar-refractivity contribution is 7.97. The molecule has 6 aliphatic carbocycles. The first kappa shape index (κ1) is 45.8. The van der Waals surface area contributed by atoms with Crippen LogP contribution in [-0.2, 0) is 15.7 Å². The van der Waals surface area contributed by atoms with E-state index >= 15 is 0 Å². The topological polar surface area (TPSA) is 40.1 Å². The maximum atomic E-state index is 10.5. The molecule has 0 spiro atoms. The lowest BCUT2D eigenvalue weighted by molar-refractivity contribution is -0.344. The maximum Gasteiger partial charge on any atom is 0.430 e. The second-order valence-corrected chi connectivity index (χ2v) is 22.4. The number of carbonyl (C=O) groups is 1. The molecule has 0 N–H and O–H groups in total. The summed E-state index contributed by atoms with van der Waals surface area (Å²) >= 11 is 0. The van der Waals surface area contributed by atoms with E-state index in [1.54, 1.807) is 16.0 Å². The summed E-state index contributed by atoms with van der Waals surface area (Å²) in [6, 6.07) is 23.9. The third kappa shape index (κ3) is 11.2. The van der Waals surface area contributed by atoms with Crippen LogP contribution in [0.3, 0.4) is 0 Å². The predicted octanol–water partition coefficient (Wildman–Crippen LogP) is 16.4. The van der Waals surface area contributed by atoms with E-state index in [4.69, 9.17) is 9.90 Å². The molecule has 0 atom stereocenters. The zero-order chi connectivity index (χ0) is 42.9. The zero-order valence-corrected chi connectivity index (χ0v) is 38.5. The fourth-order valence-corrected chi connectivity index (χ4v) is 15.9. The van der Waals surface area contributed by atoms with E-state index < -0.39 is 12.1 Å². The van der Waals surface area contributed by atoms with Gasteiger partial charge in [-0.15, -0.1) is 0 Å². The van der Waals surface area contributed by atoms with E-state index in [-0.39, 0.29) is 10.9 Å². The number of hydrogen-bond acceptors (Lipinski definition) is 2. The molecule has 0 heterocycles. The van der Waals surface area contributed by atoms with Crippen molar-refractivity contribution >= 4 is 16.9 Å². The number of alkyl halides is 3. The van der Waals surface area contributed by atoms with E-state index in [2.05, 4.69) is 54.6 Å². The number of halogens is 3. The predicted molar refractivity (Wildman–Crippen MR) is 248 cm³/mol. The Morgan fingerprint density at radius 1 is 0.419 bits per heavy atom. The first-order valence-electron chi connectivity index (χ1n) is 25.7. The first-order valence-corrected chi connectivity index (χ1v) is 26.9. The summed E-state index contributed by atoms with van der Waals surface area (Å²) in [5.74, 6) is 1.45. The summed E-state index contributed by atoms with van der Waals surface area (Å²) in [7, 11) is -0.0940. The van der Waals surface area contributed by atoms with Crippen molar-refractivity contribution in [2.45, 2.75) is 249 Å². The Hall–Kier alpha value is -2.73. The third-order valence-corrected chi connectivity index (χ3v) is 18.8. The van der Waals surface area contributed by atoms with Crippen LogP contribution in [-0.4, -0.2) is 12.1 Å². The number of rotatable bonds is 9. The lowest BCUT2D eigenvalue weighted by Gasteiger charge is -2.34. The summed E-state index contributed by atoms with van der Waals surface area (Å²) < 4.78 is 31.5. The van der Waals surface area contributed by atoms with Crippen molar-refractivity contribution in [2.24, 2.45) is 0 Å². The van der Waals surface area contributed by atoms with E-state index in [1.807, 2.05) is 32.0 Å². The van der Waals surface area contributed by atoms with Crippen molar-refractivity contribution in [3.63, 3.8) is 0 Å². The van der Waals surface area contributed by atoms with Crippen LogP contribution < -0.4 is 5.11 Å². The van der Waals surface area contributed by atoms with Crippen LogP contribution >= 0.6 is 0 Å². The molecule has 9 rings (SSSR count). The van der Waals surface area contributed by atoms with E-state index in [9.17, 15) is 13.2 Å². The smallest absolute Gasteiger partial charge is 0.430 e. The van der Waals surface area contributed by atoms with Gasteiger partial charge in [-0.3, -0.25) is 0 Å². The second-order valence-electron chi connectivity index (χ2n) is 20.5. The Labute approximate surface area is 375 Å². The average molecular weight is 869 g/mol. The van der Waals surface area contributed by atoms with Crippen molar-refractivity contribution in [1.29, 1.82) is 0 Å². The summed E-state index contributed by atoms with van der Waals surface area (Å²) in [4.78, 5) is 14.1. The molecule has 2 nitrogen and oxygen atoms in total. The van der Waals surface area contributed by atoms with Gasteiger partial charge in [0.15, 0.2) is 14.7 Å². The Morgan fingerprint density at radius 3 is 0.903 bits per heavy atom. The molecule has 0 aliphatic heterocycles. The van der Waals surface area contributed by atoms with Gasteiger partial charge in [0.1, 0.15) is 16.9 Å². The summed E-state index contributed by atoms with van der Waals surface area (Å²) in [6.07, 6.45) is 37.5. The quantitative estimate of drug-likeness (QED) is 0.201. The van der Waals surface area contributed by atoms with Crippen LogP contribution in [0.15, 0.2) is 69.3 Å². The molecular formula is C56H75F3O2S. The van der Waals surface area contributed by atoms with Gasteiger partial charge >= 0.3 is 6.18 Å². The fourth-order valence-electron chi connectivity index (χ4n) is 13.0. The monoisotopic (exact) mass is 869 g/mol. The number of aliphatic carboxylic acids is 1. The second kappa shape index (κ2) is 22.0. The van der Waals surface area contributed by atoms with Gasteiger partial charge in [-0.05, 0) is 136 Å². The highest BCUT2D eigenvalue weighted by Crippen LogP contribution is 2.54. The number of benzene rings is 3. The Bertz CT molecular complexity index is 1680. The van der Waals surface area contributed by atoms with Crippen molar-refractivity contribution in [3.8, 4) is 0 Å². The average Bonchev–Trinajstić information content (AvgIpc) is 3.33. The summed E-state index contributed by atoms with van der Waals surface area (Å²) in [5, 5.41) is 8.78. The van der Waals surface area contributed by atoms with Gasteiger partial charge in [-0.2, -0.15) is 13.2 Å². The lowest BCUT2D eigenvalue weighted by Crippen LogP contribution is -2.37. The molecule has 6 heteroatoms. The van der Waals surface area contributed by atoms with Gasteiger partial charge < -0.3 is 9.90 Å². The molecule has 6 fully saturated rings. The molecule has 3 aromatic rings. The Morgan fingerprint density at radius 2 is 0.661 bits per heavy atom. The number of hydrogen-bond donors (Lipinski definition) is 0. The number of carbonyl (C=O) groups excluding carboxylic acids is 1. The van der Waals surface area contributed by atoms with Crippen molar-refractivity contribution in [1.82, 2.24) is 0 Å². The standard InChI is InChI=1S/C54H75S.C2HF3O2/c1-8-22-40(23-9-1)46-36-49(42-26-12-3-13-27-42)53(50(37-46)43-28-14-4-15-29-43)55(48-34-20-7-21-35-48)54-51(44-30-16-5-17-31-44)38-47(41-24-10-2-11-25-41)39-52(54)45-32-18-6-19-33-45;3-2(4,5)1(6)7/h7,20-21,34-45H,1-6,8-19,22-33H2;(H,6,7)/q+1;/p-1. The number of carboxylic acid groups (broad SMARTS) is 1. The van der Waals surface area contributed by atoms with Gasteiger partial charge in [-0.25, -0.2) is 0 Å². The van der Waals surface area contributed by atoms with E-state index in [1.165, 1.54) is 193 Å². The van der Waals surface area contributed by atoms with Crippen LogP contribution in [0.2, 0.25) is 0 Å². The van der Waals surface area contributed by atoms with Crippen LogP contribution in [0.4, 0.5) is 13.2 Å². The minimum Gasteiger partial charge on any atom is -0.542 e. The van der Waals surface area contributed by atoms with Crippen LogP contribution in [0.5, 0.6) is 0 Å². The van der Waals surface area contributed by atoms with Crippen molar-refractivity contribution < 1.29 is 23.1 Å². The van der Waals surface area contributed by atoms with Crippen LogP contribution in [0, 0.1) is 0 Å². The highest BCUT2D eigenvalue weighted by Gasteiger charge is 2.44. The molecule has 6 aliphatic rings. The van der Waals surface area contributed by atoms with Crippen molar-refractivity contribution in [3.05, 3.63) is 88.0 Å². The molecule has 62 heavy (non-hydrogen) atoms. The lowest BCUT2D eigenvalue weighted by atomic mass is 9.76. The molecule has 0 amide bonds. The zero-order valence-electron chi connectivity index (χ0n) is 37.7.